The van der Waals surface area contributed by atoms with Crippen molar-refractivity contribution >= 4 is 7.82 Å². The first-order chi connectivity index (χ1) is 5.06. The molecule has 0 amide bonds. The molecule has 0 bridgehead atoms. The van der Waals surface area contributed by atoms with Crippen LogP contribution in [0.4, 0.5) is 0 Å². The molecular formula is C5H11O5P. The molecule has 0 radical (unpaired) electrons. The third kappa shape index (κ3) is 17.7. The van der Waals surface area contributed by atoms with E-state index in [1.54, 1.807) is 0 Å². The van der Waals surface area contributed by atoms with Crippen LogP contribution in [0.2, 0.25) is 0 Å². The minimum absolute atomic E-state index is 0.121. The Kier molecular flexibility index (Phi) is 5.36. The monoisotopic (exact) mass is 182 g/mol. The van der Waals surface area contributed by atoms with Crippen LogP contribution in [0.25, 0.3) is 0 Å². The molecule has 1 saturated heterocycles. The van der Waals surface area contributed by atoms with Crippen molar-refractivity contribution in [3.63, 3.8) is 0 Å². The second kappa shape index (κ2) is 5.46. The quantitative estimate of drug-likeness (QED) is 0.372. The summed E-state index contributed by atoms with van der Waals surface area (Å²) >= 11 is 0. The predicted molar refractivity (Wildman–Crippen MR) is 39.0 cm³/mol. The zero-order chi connectivity index (χ0) is 8.74. The summed E-state index contributed by atoms with van der Waals surface area (Å²) in [5, 5.41) is 0. The fourth-order valence-electron chi connectivity index (χ4n) is 0.150. The molecule has 0 saturated carbocycles. The van der Waals surface area contributed by atoms with Gasteiger partial charge in [0, 0.05) is 0 Å². The first-order valence-electron chi connectivity index (χ1n) is 2.95. The predicted octanol–water partition coefficient (Wildman–Crippen LogP) is 0.298. The van der Waals surface area contributed by atoms with Gasteiger partial charge in [-0.05, 0) is 0 Å². The Morgan fingerprint density at radius 3 is 2.18 bits per heavy atom. The van der Waals surface area contributed by atoms with Gasteiger partial charge in [-0.15, -0.1) is 6.58 Å². The van der Waals surface area contributed by atoms with Crippen molar-refractivity contribution in [2.75, 3.05) is 19.8 Å². The Balaban J connectivity index is 0.000000271. The SMILES string of the molecule is C1CO1.C=CCOP(=O)(O)O. The molecule has 1 aliphatic rings. The summed E-state index contributed by atoms with van der Waals surface area (Å²) in [6.45, 7) is 5.07. The van der Waals surface area contributed by atoms with Crippen molar-refractivity contribution < 1.29 is 23.6 Å². The van der Waals surface area contributed by atoms with Crippen LogP contribution in [0.1, 0.15) is 0 Å². The molecule has 5 nitrogen and oxygen atoms in total. The second-order valence-electron chi connectivity index (χ2n) is 1.69. The molecule has 0 aromatic heterocycles. The molecule has 0 spiro atoms. The lowest BCUT2D eigenvalue weighted by Gasteiger charge is -1.98. The highest BCUT2D eigenvalue weighted by Crippen LogP contribution is 2.35. The molecule has 11 heavy (non-hydrogen) atoms. The maximum atomic E-state index is 9.81. The number of hydrogen-bond donors (Lipinski definition) is 2. The molecule has 1 rings (SSSR count). The third-order valence-corrected chi connectivity index (χ3v) is 1.05. The average molecular weight is 182 g/mol. The van der Waals surface area contributed by atoms with E-state index in [1.807, 2.05) is 0 Å². The minimum Gasteiger partial charge on any atom is -0.377 e. The molecule has 0 aliphatic carbocycles. The smallest absolute Gasteiger partial charge is 0.377 e. The number of ether oxygens (including phenoxy) is 1. The molecule has 1 fully saturated rings. The summed E-state index contributed by atoms with van der Waals surface area (Å²) < 4.78 is 18.2. The lowest BCUT2D eigenvalue weighted by molar-refractivity contribution is 0.216. The van der Waals surface area contributed by atoms with Crippen molar-refractivity contribution in [1.29, 1.82) is 0 Å². The normalized spacial score (nSPS) is 14.7. The summed E-state index contributed by atoms with van der Waals surface area (Å²) in [6, 6.07) is 0. The zero-order valence-corrected chi connectivity index (χ0v) is 6.87. The molecule has 1 aliphatic heterocycles. The Bertz CT molecular complexity index is 146. The fourth-order valence-corrected chi connectivity index (χ4v) is 0.449. The highest BCUT2D eigenvalue weighted by atomic mass is 31.2. The van der Waals surface area contributed by atoms with Gasteiger partial charge >= 0.3 is 7.82 Å². The van der Waals surface area contributed by atoms with Crippen molar-refractivity contribution in [2.45, 2.75) is 0 Å². The molecule has 0 aromatic rings. The Morgan fingerprint density at radius 2 is 2.09 bits per heavy atom. The van der Waals surface area contributed by atoms with Gasteiger partial charge < -0.3 is 14.5 Å². The summed E-state index contributed by atoms with van der Waals surface area (Å²) in [7, 11) is -4.25. The zero-order valence-electron chi connectivity index (χ0n) is 5.97. The number of phosphoric ester groups is 1. The summed E-state index contributed by atoms with van der Waals surface area (Å²) in [5.41, 5.74) is 0. The second-order valence-corrected chi connectivity index (χ2v) is 2.93. The molecular weight excluding hydrogens is 171 g/mol. The lowest BCUT2D eigenvalue weighted by Crippen LogP contribution is -1.86. The molecule has 66 valence electrons. The molecule has 0 aromatic carbocycles. The van der Waals surface area contributed by atoms with Crippen molar-refractivity contribution in [1.82, 2.24) is 0 Å². The molecule has 0 atom stereocenters. The number of hydrogen-bond acceptors (Lipinski definition) is 3. The van der Waals surface area contributed by atoms with Crippen molar-refractivity contribution in [2.24, 2.45) is 0 Å². The van der Waals surface area contributed by atoms with Gasteiger partial charge in [0.1, 0.15) is 0 Å². The van der Waals surface area contributed by atoms with Gasteiger partial charge in [0.05, 0.1) is 19.8 Å². The highest BCUT2D eigenvalue weighted by molar-refractivity contribution is 7.46. The maximum absolute atomic E-state index is 9.81. The van der Waals surface area contributed by atoms with Gasteiger partial charge in [-0.3, -0.25) is 4.52 Å². The topological polar surface area (TPSA) is 79.3 Å². The van der Waals surface area contributed by atoms with Crippen LogP contribution in [0, 0.1) is 0 Å². The Labute approximate surface area is 64.9 Å². The number of rotatable bonds is 3. The first-order valence-corrected chi connectivity index (χ1v) is 4.48. The van der Waals surface area contributed by atoms with Gasteiger partial charge in [0.15, 0.2) is 0 Å². The molecule has 6 heteroatoms. The van der Waals surface area contributed by atoms with E-state index in [-0.39, 0.29) is 6.61 Å². The van der Waals surface area contributed by atoms with Gasteiger partial charge in [0.25, 0.3) is 0 Å². The van der Waals surface area contributed by atoms with E-state index in [9.17, 15) is 4.57 Å². The summed E-state index contributed by atoms with van der Waals surface area (Å²) in [5.74, 6) is 0. The van der Waals surface area contributed by atoms with E-state index in [1.165, 1.54) is 6.08 Å². The Morgan fingerprint density at radius 1 is 1.64 bits per heavy atom. The number of phosphoric acid groups is 1. The van der Waals surface area contributed by atoms with Gasteiger partial charge in [-0.1, -0.05) is 6.08 Å². The van der Waals surface area contributed by atoms with E-state index in [0.29, 0.717) is 0 Å². The minimum atomic E-state index is -4.25. The number of epoxide rings is 1. The van der Waals surface area contributed by atoms with Gasteiger partial charge in [-0.25, -0.2) is 4.57 Å². The van der Waals surface area contributed by atoms with E-state index >= 15 is 0 Å². The van der Waals surface area contributed by atoms with Crippen LogP contribution in [0.3, 0.4) is 0 Å². The van der Waals surface area contributed by atoms with E-state index in [4.69, 9.17) is 9.79 Å². The molecule has 2 N–H and O–H groups in total. The standard InChI is InChI=1S/C3H7O4P.C2H4O/c1-2-3-7-8(4,5)6;1-2-3-1/h2H,1,3H2,(H2,4,5,6);1-2H2. The van der Waals surface area contributed by atoms with E-state index in [2.05, 4.69) is 15.8 Å². The molecule has 1 heterocycles. The lowest BCUT2D eigenvalue weighted by atomic mass is 10.7. The average Bonchev–Trinajstić information content (AvgIpc) is 2.65. The van der Waals surface area contributed by atoms with Crippen LogP contribution in [0.5, 0.6) is 0 Å². The Hall–Kier alpha value is -0.190. The largest absolute Gasteiger partial charge is 0.469 e. The van der Waals surface area contributed by atoms with Gasteiger partial charge in [0.2, 0.25) is 0 Å². The third-order valence-electron chi connectivity index (χ3n) is 0.565. The van der Waals surface area contributed by atoms with Gasteiger partial charge in [-0.2, -0.15) is 0 Å². The van der Waals surface area contributed by atoms with Crippen LogP contribution in [0.15, 0.2) is 12.7 Å². The summed E-state index contributed by atoms with van der Waals surface area (Å²) in [4.78, 5) is 16.0. The van der Waals surface area contributed by atoms with Crippen LogP contribution < -0.4 is 0 Å². The van der Waals surface area contributed by atoms with Crippen molar-refractivity contribution in [3.05, 3.63) is 12.7 Å². The first kappa shape index (κ1) is 10.8. The summed E-state index contributed by atoms with van der Waals surface area (Å²) in [6.07, 6.45) is 1.26. The van der Waals surface area contributed by atoms with Crippen LogP contribution >= 0.6 is 7.82 Å². The van der Waals surface area contributed by atoms with Crippen molar-refractivity contribution in [3.8, 4) is 0 Å². The highest BCUT2D eigenvalue weighted by Gasteiger charge is 2.10. The van der Waals surface area contributed by atoms with E-state index < -0.39 is 7.82 Å². The van der Waals surface area contributed by atoms with Crippen LogP contribution in [-0.2, 0) is 13.8 Å². The van der Waals surface area contributed by atoms with Crippen LogP contribution in [-0.4, -0.2) is 29.6 Å². The molecule has 0 unspecified atom stereocenters. The van der Waals surface area contributed by atoms with E-state index in [0.717, 1.165) is 13.2 Å². The maximum Gasteiger partial charge on any atom is 0.469 e. The fraction of sp³-hybridized carbons (Fsp3) is 0.600.